The predicted molar refractivity (Wildman–Crippen MR) is 89.9 cm³/mol. The third kappa shape index (κ3) is 3.45. The smallest absolute Gasteiger partial charge is 0.244 e. The third-order valence-corrected chi connectivity index (χ3v) is 4.44. The van der Waals surface area contributed by atoms with E-state index in [-0.39, 0.29) is 11.9 Å². The van der Waals surface area contributed by atoms with Crippen LogP contribution in [0.2, 0.25) is 0 Å². The van der Waals surface area contributed by atoms with Crippen molar-refractivity contribution >= 4 is 0 Å². The van der Waals surface area contributed by atoms with Gasteiger partial charge in [-0.15, -0.1) is 0 Å². The SMILES string of the molecule is OC1CC(c2nc(-c3ccccc3)no2)N(Cc2ccc(F)cc2)C1. The molecule has 5 nitrogen and oxygen atoms in total. The van der Waals surface area contributed by atoms with Gasteiger partial charge in [-0.2, -0.15) is 4.98 Å². The molecule has 2 aromatic carbocycles. The summed E-state index contributed by atoms with van der Waals surface area (Å²) in [7, 11) is 0. The van der Waals surface area contributed by atoms with E-state index in [0.29, 0.717) is 31.2 Å². The van der Waals surface area contributed by atoms with E-state index in [1.807, 2.05) is 30.3 Å². The zero-order valence-electron chi connectivity index (χ0n) is 13.5. The molecule has 3 aromatic rings. The molecule has 1 saturated heterocycles. The van der Waals surface area contributed by atoms with E-state index in [4.69, 9.17) is 4.52 Å². The molecule has 2 heterocycles. The van der Waals surface area contributed by atoms with Crippen molar-refractivity contribution in [3.63, 3.8) is 0 Å². The van der Waals surface area contributed by atoms with Crippen LogP contribution < -0.4 is 0 Å². The average molecular weight is 339 g/mol. The molecule has 0 radical (unpaired) electrons. The van der Waals surface area contributed by atoms with Crippen molar-refractivity contribution in [2.75, 3.05) is 6.54 Å². The Morgan fingerprint density at radius 3 is 2.64 bits per heavy atom. The first kappa shape index (κ1) is 15.9. The van der Waals surface area contributed by atoms with Gasteiger partial charge in [-0.1, -0.05) is 47.6 Å². The number of aliphatic hydroxyl groups excluding tert-OH is 1. The minimum atomic E-state index is -0.447. The quantitative estimate of drug-likeness (QED) is 0.791. The summed E-state index contributed by atoms with van der Waals surface area (Å²) in [6.07, 6.45) is 0.0926. The standard InChI is InChI=1S/C19H18FN3O2/c20-15-8-6-13(7-9-15)11-23-12-16(24)10-17(23)19-21-18(22-25-19)14-4-2-1-3-5-14/h1-9,16-17,24H,10-12H2. The highest BCUT2D eigenvalue weighted by Crippen LogP contribution is 2.33. The number of β-amino-alcohol motifs (C(OH)–C–C–N with tert-alkyl or cyclic N) is 1. The number of hydrogen-bond acceptors (Lipinski definition) is 5. The van der Waals surface area contributed by atoms with Gasteiger partial charge in [0.1, 0.15) is 5.82 Å². The lowest BCUT2D eigenvalue weighted by Crippen LogP contribution is -2.24. The Morgan fingerprint density at radius 2 is 1.88 bits per heavy atom. The van der Waals surface area contributed by atoms with Gasteiger partial charge in [-0.3, -0.25) is 4.90 Å². The zero-order chi connectivity index (χ0) is 17.2. The van der Waals surface area contributed by atoms with E-state index in [0.717, 1.165) is 11.1 Å². The maximum atomic E-state index is 13.1. The molecule has 1 aliphatic rings. The lowest BCUT2D eigenvalue weighted by Gasteiger charge is -2.21. The molecule has 2 atom stereocenters. The van der Waals surface area contributed by atoms with E-state index in [9.17, 15) is 9.50 Å². The fourth-order valence-corrected chi connectivity index (χ4v) is 3.21. The number of hydrogen-bond donors (Lipinski definition) is 1. The second kappa shape index (κ2) is 6.74. The van der Waals surface area contributed by atoms with Crippen molar-refractivity contribution in [1.82, 2.24) is 15.0 Å². The van der Waals surface area contributed by atoms with Crippen LogP contribution in [0.5, 0.6) is 0 Å². The average Bonchev–Trinajstić information content (AvgIpc) is 3.24. The molecule has 4 rings (SSSR count). The van der Waals surface area contributed by atoms with Gasteiger partial charge in [0.15, 0.2) is 0 Å². The minimum Gasteiger partial charge on any atom is -0.392 e. The van der Waals surface area contributed by atoms with Crippen molar-refractivity contribution in [1.29, 1.82) is 0 Å². The summed E-state index contributed by atoms with van der Waals surface area (Å²) in [5.41, 5.74) is 1.87. The Morgan fingerprint density at radius 1 is 1.12 bits per heavy atom. The Kier molecular flexibility index (Phi) is 4.29. The van der Waals surface area contributed by atoms with Crippen LogP contribution in [0.25, 0.3) is 11.4 Å². The number of aliphatic hydroxyl groups is 1. The molecule has 0 saturated carbocycles. The molecule has 25 heavy (non-hydrogen) atoms. The number of halogens is 1. The number of benzene rings is 2. The van der Waals surface area contributed by atoms with E-state index in [2.05, 4.69) is 15.0 Å². The van der Waals surface area contributed by atoms with Crippen LogP contribution in [0.3, 0.4) is 0 Å². The van der Waals surface area contributed by atoms with Crippen LogP contribution in [0.1, 0.15) is 23.9 Å². The van der Waals surface area contributed by atoms with Gasteiger partial charge in [0.2, 0.25) is 11.7 Å². The Labute approximate surface area is 144 Å². The molecule has 0 aliphatic carbocycles. The maximum Gasteiger partial charge on any atom is 0.244 e. The number of nitrogens with zero attached hydrogens (tertiary/aromatic N) is 3. The fourth-order valence-electron chi connectivity index (χ4n) is 3.21. The van der Waals surface area contributed by atoms with Crippen LogP contribution in [-0.4, -0.2) is 32.8 Å². The number of likely N-dealkylation sites (tertiary alicyclic amines) is 1. The first-order valence-electron chi connectivity index (χ1n) is 8.24. The Bertz CT molecular complexity index is 835. The van der Waals surface area contributed by atoms with Crippen LogP contribution in [0, 0.1) is 5.82 Å². The van der Waals surface area contributed by atoms with Gasteiger partial charge in [0.05, 0.1) is 12.1 Å². The Hall–Kier alpha value is -2.57. The molecule has 0 bridgehead atoms. The van der Waals surface area contributed by atoms with Crippen molar-refractivity contribution in [2.45, 2.75) is 25.1 Å². The van der Waals surface area contributed by atoms with Gasteiger partial charge >= 0.3 is 0 Å². The topological polar surface area (TPSA) is 62.4 Å². The molecule has 128 valence electrons. The minimum absolute atomic E-state index is 0.148. The lowest BCUT2D eigenvalue weighted by molar-refractivity contribution is 0.169. The van der Waals surface area contributed by atoms with Gasteiger partial charge in [0.25, 0.3) is 0 Å². The summed E-state index contributed by atoms with van der Waals surface area (Å²) in [6, 6.07) is 15.9. The van der Waals surface area contributed by atoms with Crippen LogP contribution in [0.15, 0.2) is 59.1 Å². The second-order valence-electron chi connectivity index (χ2n) is 6.28. The van der Waals surface area contributed by atoms with Gasteiger partial charge < -0.3 is 9.63 Å². The van der Waals surface area contributed by atoms with Crippen molar-refractivity contribution in [3.8, 4) is 11.4 Å². The van der Waals surface area contributed by atoms with Crippen LogP contribution in [-0.2, 0) is 6.54 Å². The summed E-state index contributed by atoms with van der Waals surface area (Å²) in [5.74, 6) is 0.780. The van der Waals surface area contributed by atoms with E-state index in [1.54, 1.807) is 12.1 Å². The summed E-state index contributed by atoms with van der Waals surface area (Å²) in [5, 5.41) is 14.2. The molecule has 2 unspecified atom stereocenters. The van der Waals surface area contributed by atoms with Crippen molar-refractivity contribution in [3.05, 3.63) is 71.9 Å². The van der Waals surface area contributed by atoms with Crippen molar-refractivity contribution < 1.29 is 14.0 Å². The number of rotatable bonds is 4. The van der Waals surface area contributed by atoms with Gasteiger partial charge in [-0.25, -0.2) is 4.39 Å². The largest absolute Gasteiger partial charge is 0.392 e. The van der Waals surface area contributed by atoms with Crippen molar-refractivity contribution in [2.24, 2.45) is 0 Å². The summed E-state index contributed by atoms with van der Waals surface area (Å²) < 4.78 is 18.5. The second-order valence-corrected chi connectivity index (χ2v) is 6.28. The van der Waals surface area contributed by atoms with E-state index < -0.39 is 6.10 Å². The van der Waals surface area contributed by atoms with Gasteiger partial charge in [0, 0.05) is 18.7 Å². The highest BCUT2D eigenvalue weighted by atomic mass is 19.1. The molecular weight excluding hydrogens is 321 g/mol. The highest BCUT2D eigenvalue weighted by Gasteiger charge is 2.35. The summed E-state index contributed by atoms with van der Waals surface area (Å²) >= 11 is 0. The molecule has 6 heteroatoms. The number of aromatic nitrogens is 2. The Balaban J connectivity index is 1.55. The molecule has 1 aromatic heterocycles. The lowest BCUT2D eigenvalue weighted by atomic mass is 10.1. The highest BCUT2D eigenvalue weighted by molar-refractivity contribution is 5.53. The molecule has 1 aliphatic heterocycles. The predicted octanol–water partition coefficient (Wildman–Crippen LogP) is 3.18. The molecule has 0 spiro atoms. The molecule has 1 fully saturated rings. The van der Waals surface area contributed by atoms with Crippen LogP contribution >= 0.6 is 0 Å². The zero-order valence-corrected chi connectivity index (χ0v) is 13.5. The normalized spacial score (nSPS) is 20.9. The summed E-state index contributed by atoms with van der Waals surface area (Å²) in [6.45, 7) is 1.11. The fraction of sp³-hybridized carbons (Fsp3) is 0.263. The molecule has 0 amide bonds. The monoisotopic (exact) mass is 339 g/mol. The molecule has 1 N–H and O–H groups in total. The first-order chi connectivity index (χ1) is 12.2. The first-order valence-corrected chi connectivity index (χ1v) is 8.24. The van der Waals surface area contributed by atoms with Gasteiger partial charge in [-0.05, 0) is 24.1 Å². The molecular formula is C19H18FN3O2. The van der Waals surface area contributed by atoms with E-state index >= 15 is 0 Å². The summed E-state index contributed by atoms with van der Waals surface area (Å²) in [4.78, 5) is 6.60. The third-order valence-electron chi connectivity index (χ3n) is 4.44. The van der Waals surface area contributed by atoms with E-state index in [1.165, 1.54) is 12.1 Å². The maximum absolute atomic E-state index is 13.1. The van der Waals surface area contributed by atoms with Crippen LogP contribution in [0.4, 0.5) is 4.39 Å².